The molecule has 7 heteroatoms. The van der Waals surface area contributed by atoms with E-state index in [1.165, 1.54) is 0 Å². The molecule has 156 valence electrons. The van der Waals surface area contributed by atoms with E-state index >= 15 is 0 Å². The second-order valence-corrected chi connectivity index (χ2v) is 7.31. The normalized spacial score (nSPS) is 15.7. The van der Waals surface area contributed by atoms with Crippen LogP contribution in [0.5, 0.6) is 11.5 Å². The van der Waals surface area contributed by atoms with E-state index in [1.54, 1.807) is 14.2 Å². The Labute approximate surface area is 176 Å². The maximum Gasteiger partial charge on any atom is 0.243 e. The summed E-state index contributed by atoms with van der Waals surface area (Å²) in [6.07, 6.45) is 3.55. The van der Waals surface area contributed by atoms with E-state index in [9.17, 15) is 4.79 Å². The van der Waals surface area contributed by atoms with Crippen LogP contribution in [0.25, 0.3) is 11.4 Å². The van der Waals surface area contributed by atoms with Gasteiger partial charge in [0.2, 0.25) is 5.91 Å². The van der Waals surface area contributed by atoms with Gasteiger partial charge in [0.15, 0.2) is 17.3 Å². The van der Waals surface area contributed by atoms with E-state index in [0.29, 0.717) is 18.0 Å². The molecule has 1 N–H and O–H groups in total. The van der Waals surface area contributed by atoms with E-state index < -0.39 is 0 Å². The smallest absolute Gasteiger partial charge is 0.243 e. The highest BCUT2D eigenvalue weighted by Gasteiger charge is 2.29. The molecule has 0 fully saturated rings. The molecule has 1 amide bonds. The lowest BCUT2D eigenvalue weighted by atomic mass is 10.1. The van der Waals surface area contributed by atoms with Gasteiger partial charge in [-0.15, -0.1) is 10.2 Å². The van der Waals surface area contributed by atoms with E-state index in [2.05, 4.69) is 15.5 Å². The molecule has 0 saturated carbocycles. The number of hydrogen-bond acceptors (Lipinski definition) is 5. The molecule has 3 aromatic rings. The number of amides is 1. The van der Waals surface area contributed by atoms with Gasteiger partial charge in [-0.25, -0.2) is 0 Å². The number of carbonyl (C=O) groups is 1. The quantitative estimate of drug-likeness (QED) is 0.677. The highest BCUT2D eigenvalue weighted by molar-refractivity contribution is 5.81. The zero-order valence-corrected chi connectivity index (χ0v) is 17.3. The number of fused-ring (bicyclic) bond motifs is 1. The Kier molecular flexibility index (Phi) is 5.97. The highest BCUT2D eigenvalue weighted by Crippen LogP contribution is 2.32. The van der Waals surface area contributed by atoms with Crippen LogP contribution in [0.1, 0.15) is 36.7 Å². The summed E-state index contributed by atoms with van der Waals surface area (Å²) in [7, 11) is 3.20. The number of hydrogen-bond donors (Lipinski definition) is 1. The minimum absolute atomic E-state index is 0.0417. The summed E-state index contributed by atoms with van der Waals surface area (Å²) in [5.74, 6) is 2.85. The third-order valence-corrected chi connectivity index (χ3v) is 5.48. The lowest BCUT2D eigenvalue weighted by molar-refractivity contribution is -0.124. The number of nitrogens with one attached hydrogen (secondary N) is 1. The van der Waals surface area contributed by atoms with Crippen molar-refractivity contribution in [2.24, 2.45) is 0 Å². The van der Waals surface area contributed by atoms with Gasteiger partial charge in [-0.05, 0) is 18.9 Å². The van der Waals surface area contributed by atoms with Gasteiger partial charge in [-0.2, -0.15) is 0 Å². The van der Waals surface area contributed by atoms with Crippen molar-refractivity contribution in [2.45, 2.75) is 38.3 Å². The number of ether oxygens (including phenoxy) is 2. The molecule has 2 heterocycles. The van der Waals surface area contributed by atoms with Crippen molar-refractivity contribution in [3.05, 3.63) is 59.9 Å². The van der Waals surface area contributed by atoms with E-state index in [1.807, 2.05) is 53.1 Å². The lowest BCUT2D eigenvalue weighted by Crippen LogP contribution is -2.33. The molecule has 0 aliphatic carbocycles. The predicted octanol–water partition coefficient (Wildman–Crippen LogP) is 3.55. The second-order valence-electron chi connectivity index (χ2n) is 7.31. The van der Waals surface area contributed by atoms with Crippen molar-refractivity contribution in [1.82, 2.24) is 20.1 Å². The molecule has 1 aromatic heterocycles. The fourth-order valence-electron chi connectivity index (χ4n) is 4.00. The van der Waals surface area contributed by atoms with Crippen molar-refractivity contribution in [3.8, 4) is 22.9 Å². The van der Waals surface area contributed by atoms with Crippen molar-refractivity contribution in [3.63, 3.8) is 0 Å². The molecule has 0 saturated heterocycles. The number of methoxy groups -OCH3 is 2. The molecule has 4 rings (SSSR count). The van der Waals surface area contributed by atoms with Gasteiger partial charge in [-0.3, -0.25) is 9.36 Å². The molecular formula is C23H26N4O3. The minimum Gasteiger partial charge on any atom is -0.493 e. The number of benzene rings is 2. The first-order valence-electron chi connectivity index (χ1n) is 10.2. The van der Waals surface area contributed by atoms with Crippen molar-refractivity contribution in [1.29, 1.82) is 0 Å². The first-order valence-corrected chi connectivity index (χ1v) is 10.2. The largest absolute Gasteiger partial charge is 0.493 e. The van der Waals surface area contributed by atoms with Crippen LogP contribution in [-0.4, -0.2) is 34.9 Å². The summed E-state index contributed by atoms with van der Waals surface area (Å²) in [5.41, 5.74) is 1.83. The lowest BCUT2D eigenvalue weighted by Gasteiger charge is -2.20. The maximum atomic E-state index is 13.3. The summed E-state index contributed by atoms with van der Waals surface area (Å²) in [6.45, 7) is 0.355. The van der Waals surface area contributed by atoms with Crippen molar-refractivity contribution in [2.75, 3.05) is 14.2 Å². The van der Waals surface area contributed by atoms with Gasteiger partial charge in [0.25, 0.3) is 0 Å². The van der Waals surface area contributed by atoms with Gasteiger partial charge in [-0.1, -0.05) is 48.9 Å². The molecule has 1 aliphatic heterocycles. The molecule has 0 bridgehead atoms. The molecular weight excluding hydrogens is 380 g/mol. The molecule has 30 heavy (non-hydrogen) atoms. The first kappa shape index (κ1) is 19.9. The van der Waals surface area contributed by atoms with E-state index in [-0.39, 0.29) is 11.9 Å². The zero-order chi connectivity index (χ0) is 20.9. The van der Waals surface area contributed by atoms with Crippen LogP contribution in [-0.2, 0) is 17.8 Å². The Bertz CT molecular complexity index is 1020. The summed E-state index contributed by atoms with van der Waals surface area (Å²) in [6, 6.07) is 15.2. The first-order chi connectivity index (χ1) is 14.7. The van der Waals surface area contributed by atoms with Gasteiger partial charge in [0, 0.05) is 24.1 Å². The topological polar surface area (TPSA) is 78.3 Å². The maximum absolute atomic E-state index is 13.3. The number of para-hydroxylation sites is 1. The Morgan fingerprint density at radius 3 is 2.67 bits per heavy atom. The van der Waals surface area contributed by atoms with Crippen LogP contribution < -0.4 is 14.8 Å². The summed E-state index contributed by atoms with van der Waals surface area (Å²) in [4.78, 5) is 13.3. The average molecular weight is 406 g/mol. The fraction of sp³-hybridized carbons (Fsp3) is 0.348. The molecule has 7 nitrogen and oxygen atoms in total. The summed E-state index contributed by atoms with van der Waals surface area (Å²) < 4.78 is 12.9. The SMILES string of the molecule is COc1cccc(CNC(=O)C2CCCCc3nnc(-c4ccccc4)n32)c1OC. The molecule has 1 aliphatic rings. The Balaban J connectivity index is 1.60. The predicted molar refractivity (Wildman–Crippen MR) is 113 cm³/mol. The van der Waals surface area contributed by atoms with Crippen LogP contribution in [0.15, 0.2) is 48.5 Å². The Morgan fingerprint density at radius 1 is 1.07 bits per heavy atom. The average Bonchev–Trinajstić information content (AvgIpc) is 3.09. The van der Waals surface area contributed by atoms with Crippen LogP contribution in [0, 0.1) is 0 Å². The zero-order valence-electron chi connectivity index (χ0n) is 17.3. The third-order valence-electron chi connectivity index (χ3n) is 5.48. The van der Waals surface area contributed by atoms with Crippen molar-refractivity contribution >= 4 is 5.91 Å². The second kappa shape index (κ2) is 8.98. The van der Waals surface area contributed by atoms with Crippen LogP contribution in [0.2, 0.25) is 0 Å². The Morgan fingerprint density at radius 2 is 1.90 bits per heavy atom. The molecule has 1 unspecified atom stereocenters. The third kappa shape index (κ3) is 3.87. The van der Waals surface area contributed by atoms with Crippen LogP contribution in [0.3, 0.4) is 0 Å². The van der Waals surface area contributed by atoms with Gasteiger partial charge in [0.1, 0.15) is 11.9 Å². The molecule has 1 atom stereocenters. The molecule has 2 aromatic carbocycles. The van der Waals surface area contributed by atoms with E-state index in [0.717, 1.165) is 48.5 Å². The standard InChI is InChI=1S/C23H26N4O3/c1-29-19-13-8-11-17(21(19)30-2)15-24-23(28)18-12-6-7-14-20-25-26-22(27(18)20)16-9-4-3-5-10-16/h3-5,8-11,13,18H,6-7,12,14-15H2,1-2H3,(H,24,28). The summed E-state index contributed by atoms with van der Waals surface area (Å²) >= 11 is 0. The van der Waals surface area contributed by atoms with E-state index in [4.69, 9.17) is 9.47 Å². The van der Waals surface area contributed by atoms with Gasteiger partial charge in [0.05, 0.1) is 14.2 Å². The highest BCUT2D eigenvalue weighted by atomic mass is 16.5. The number of aryl methyl sites for hydroxylation is 1. The van der Waals surface area contributed by atoms with Crippen LogP contribution in [0.4, 0.5) is 0 Å². The van der Waals surface area contributed by atoms with Crippen molar-refractivity contribution < 1.29 is 14.3 Å². The number of aromatic nitrogens is 3. The fourth-order valence-corrected chi connectivity index (χ4v) is 4.00. The summed E-state index contributed by atoms with van der Waals surface area (Å²) in [5, 5.41) is 11.9. The van der Waals surface area contributed by atoms with Gasteiger partial charge >= 0.3 is 0 Å². The Hall–Kier alpha value is -3.35. The molecule has 0 spiro atoms. The van der Waals surface area contributed by atoms with Gasteiger partial charge < -0.3 is 14.8 Å². The minimum atomic E-state index is -0.343. The van der Waals surface area contributed by atoms with Crippen LogP contribution >= 0.6 is 0 Å². The number of carbonyl (C=O) groups excluding carboxylic acids is 1. The molecule has 0 radical (unpaired) electrons. The number of rotatable bonds is 6. The monoisotopic (exact) mass is 406 g/mol. The number of nitrogens with zero attached hydrogens (tertiary/aromatic N) is 3.